The topological polar surface area (TPSA) is 142 Å². The Bertz CT molecular complexity index is 1440. The minimum atomic E-state index is -1.36. The molecule has 3 aromatic rings. The number of hydrogen-bond donors (Lipinski definition) is 2. The van der Waals surface area contributed by atoms with Gasteiger partial charge >= 0.3 is 11.9 Å². The number of aromatic hydroxyl groups is 2. The van der Waals surface area contributed by atoms with Crippen LogP contribution in [0.3, 0.4) is 0 Å². The average Bonchev–Trinajstić information content (AvgIpc) is 2.97. The highest BCUT2D eigenvalue weighted by Gasteiger charge is 2.35. The summed E-state index contributed by atoms with van der Waals surface area (Å²) in [6.45, 7) is 0. The molecule has 3 aromatic carbocycles. The molecule has 10 nitrogen and oxygen atoms in total. The molecule has 1 atom stereocenters. The number of benzene rings is 3. The molecule has 0 bridgehead atoms. The zero-order valence-electron chi connectivity index (χ0n) is 20.9. The van der Waals surface area contributed by atoms with Gasteiger partial charge < -0.3 is 19.7 Å². The summed E-state index contributed by atoms with van der Waals surface area (Å²) < 4.78 is 10.1. The van der Waals surface area contributed by atoms with Gasteiger partial charge in [-0.25, -0.2) is 9.59 Å². The van der Waals surface area contributed by atoms with Gasteiger partial charge in [-0.3, -0.25) is 0 Å². The molecule has 0 fully saturated rings. The first kappa shape index (κ1) is 27.6. The number of esters is 2. The van der Waals surface area contributed by atoms with E-state index in [1.54, 1.807) is 6.08 Å². The van der Waals surface area contributed by atoms with Gasteiger partial charge in [-0.05, 0) is 70.6 Å². The lowest BCUT2D eigenvalue weighted by Gasteiger charge is -2.25. The van der Waals surface area contributed by atoms with Crippen molar-refractivity contribution in [3.05, 3.63) is 105 Å². The Kier molecular flexibility index (Phi) is 8.49. The van der Waals surface area contributed by atoms with E-state index in [2.05, 4.69) is 43.0 Å². The maximum absolute atomic E-state index is 12.0. The minimum absolute atomic E-state index is 0.0316. The number of halogens is 1. The summed E-state index contributed by atoms with van der Waals surface area (Å²) in [5.74, 6) is -1.96. The van der Waals surface area contributed by atoms with E-state index in [4.69, 9.17) is 9.47 Å². The summed E-state index contributed by atoms with van der Waals surface area (Å²) in [4.78, 5) is 24.0. The first-order chi connectivity index (χ1) is 18.8. The number of allylic oxidation sites excluding steroid dienone is 2. The van der Waals surface area contributed by atoms with E-state index in [0.29, 0.717) is 3.58 Å². The number of carbonyl (C=O) groups is 2. The lowest BCUT2D eigenvalue weighted by atomic mass is 9.91. The second-order valence-corrected chi connectivity index (χ2v) is 9.48. The predicted molar refractivity (Wildman–Crippen MR) is 151 cm³/mol. The van der Waals surface area contributed by atoms with Gasteiger partial charge in [0.1, 0.15) is 22.6 Å². The molecule has 0 saturated carbocycles. The summed E-state index contributed by atoms with van der Waals surface area (Å²) >= 11 is 2.13. The number of phenolic OH excluding ortho intramolecular Hbond substituents is 2. The number of rotatable bonds is 7. The summed E-state index contributed by atoms with van der Waals surface area (Å²) in [6, 6.07) is 18.2. The van der Waals surface area contributed by atoms with Crippen molar-refractivity contribution in [2.24, 2.45) is 20.5 Å². The van der Waals surface area contributed by atoms with Gasteiger partial charge in [-0.15, -0.1) is 10.2 Å². The number of methoxy groups -OCH3 is 2. The van der Waals surface area contributed by atoms with Crippen LogP contribution < -0.4 is 0 Å². The van der Waals surface area contributed by atoms with E-state index in [0.717, 1.165) is 5.56 Å². The Morgan fingerprint density at radius 1 is 0.821 bits per heavy atom. The fourth-order valence-corrected chi connectivity index (χ4v) is 4.49. The van der Waals surface area contributed by atoms with Crippen molar-refractivity contribution in [1.29, 1.82) is 0 Å². The molecule has 4 rings (SSSR count). The van der Waals surface area contributed by atoms with Crippen molar-refractivity contribution in [2.45, 2.75) is 11.6 Å². The molecule has 0 spiro atoms. The van der Waals surface area contributed by atoms with Crippen LogP contribution >= 0.6 is 22.6 Å². The Morgan fingerprint density at radius 3 is 1.79 bits per heavy atom. The molecule has 11 heteroatoms. The van der Waals surface area contributed by atoms with Gasteiger partial charge in [-0.1, -0.05) is 42.5 Å². The Balaban J connectivity index is 1.75. The van der Waals surface area contributed by atoms with E-state index in [-0.39, 0.29) is 39.9 Å². The highest BCUT2D eigenvalue weighted by atomic mass is 127. The van der Waals surface area contributed by atoms with Gasteiger partial charge in [-0.2, -0.15) is 10.2 Å². The fraction of sp³-hybridized carbons (Fsp3) is 0.143. The minimum Gasteiger partial charge on any atom is -0.507 e. The number of hydrogen-bond acceptors (Lipinski definition) is 10. The lowest BCUT2D eigenvalue weighted by molar-refractivity contribution is 0.0588. The Morgan fingerprint density at radius 2 is 1.33 bits per heavy atom. The van der Waals surface area contributed by atoms with Crippen LogP contribution in [0.4, 0.5) is 11.4 Å². The summed E-state index contributed by atoms with van der Waals surface area (Å²) in [6.07, 6.45) is 5.69. The molecule has 0 saturated heterocycles. The van der Waals surface area contributed by atoms with Crippen LogP contribution in [0.1, 0.15) is 32.2 Å². The van der Waals surface area contributed by atoms with Crippen LogP contribution in [-0.4, -0.2) is 42.0 Å². The quantitative estimate of drug-likeness (QED) is 0.125. The normalized spacial score (nSPS) is 18.7. The third kappa shape index (κ3) is 6.20. The number of phenols is 2. The molecule has 1 aliphatic rings. The number of nitrogens with zero attached hydrogens (tertiary/aromatic N) is 4. The van der Waals surface area contributed by atoms with Gasteiger partial charge in [0.2, 0.25) is 5.66 Å². The monoisotopic (exact) mass is 638 g/mol. The number of ether oxygens (including phenoxy) is 2. The van der Waals surface area contributed by atoms with Crippen LogP contribution in [0.25, 0.3) is 0 Å². The zero-order valence-corrected chi connectivity index (χ0v) is 23.0. The highest BCUT2D eigenvalue weighted by molar-refractivity contribution is 14.1. The first-order valence-electron chi connectivity index (χ1n) is 11.6. The van der Waals surface area contributed by atoms with Crippen LogP contribution in [0, 0.1) is 0 Å². The molecule has 0 heterocycles. The molecule has 1 aliphatic carbocycles. The third-order valence-electron chi connectivity index (χ3n) is 5.80. The molecule has 0 amide bonds. The second-order valence-electron chi connectivity index (χ2n) is 8.32. The standard InChI is InChI=1S/C28H23IN4O6/c1-38-26(36)21-15-19(8-10-23(21)34)30-32-28(13-12-18(14-25(28)29)17-6-4-3-5-7-17)33-31-20-9-11-24(35)22(16-20)27(37)39-2/h3-16,18,34-35H,1-2H3. The maximum atomic E-state index is 12.0. The number of carbonyl (C=O) groups excluding carboxylic acids is 2. The first-order valence-corrected chi connectivity index (χ1v) is 12.6. The molecular weight excluding hydrogens is 615 g/mol. The van der Waals surface area contributed by atoms with Crippen molar-refractivity contribution >= 4 is 45.9 Å². The Labute approximate surface area is 237 Å². The van der Waals surface area contributed by atoms with E-state index in [1.165, 1.54) is 50.6 Å². The SMILES string of the molecule is COC(=O)c1cc(N=NC2(N=Nc3ccc(O)c(C(=O)OC)c3)C=CC(c3ccccc3)C=C2I)ccc1O. The van der Waals surface area contributed by atoms with E-state index < -0.39 is 17.6 Å². The zero-order chi connectivity index (χ0) is 28.0. The molecule has 198 valence electrons. The van der Waals surface area contributed by atoms with Gasteiger partial charge in [0.15, 0.2) is 0 Å². The van der Waals surface area contributed by atoms with Gasteiger partial charge in [0.05, 0.1) is 25.6 Å². The van der Waals surface area contributed by atoms with Crippen LogP contribution in [-0.2, 0) is 9.47 Å². The highest BCUT2D eigenvalue weighted by Crippen LogP contribution is 2.41. The number of azo groups is 2. The molecule has 1 unspecified atom stereocenters. The molecular formula is C28H23IN4O6. The summed E-state index contributed by atoms with van der Waals surface area (Å²) in [7, 11) is 2.42. The predicted octanol–water partition coefficient (Wildman–Crippen LogP) is 6.91. The fourth-order valence-electron chi connectivity index (χ4n) is 3.71. The van der Waals surface area contributed by atoms with E-state index in [1.807, 2.05) is 42.5 Å². The molecule has 39 heavy (non-hydrogen) atoms. The largest absolute Gasteiger partial charge is 0.507 e. The van der Waals surface area contributed by atoms with E-state index >= 15 is 0 Å². The van der Waals surface area contributed by atoms with Crippen molar-refractivity contribution in [3.8, 4) is 11.5 Å². The maximum Gasteiger partial charge on any atom is 0.341 e. The second kappa shape index (κ2) is 12.0. The average molecular weight is 638 g/mol. The molecule has 0 radical (unpaired) electrons. The van der Waals surface area contributed by atoms with Gasteiger partial charge in [0.25, 0.3) is 0 Å². The van der Waals surface area contributed by atoms with Crippen LogP contribution in [0.2, 0.25) is 0 Å². The van der Waals surface area contributed by atoms with E-state index in [9.17, 15) is 19.8 Å². The van der Waals surface area contributed by atoms with Crippen molar-refractivity contribution in [2.75, 3.05) is 14.2 Å². The summed E-state index contributed by atoms with van der Waals surface area (Å²) in [5, 5.41) is 37.6. The van der Waals surface area contributed by atoms with Gasteiger partial charge in [0, 0.05) is 9.50 Å². The smallest absolute Gasteiger partial charge is 0.341 e. The van der Waals surface area contributed by atoms with Crippen LogP contribution in [0.15, 0.2) is 109 Å². The summed E-state index contributed by atoms with van der Waals surface area (Å²) in [5.41, 5.74) is 0.160. The van der Waals surface area contributed by atoms with Crippen LogP contribution in [0.5, 0.6) is 11.5 Å². The molecule has 0 aromatic heterocycles. The molecule has 2 N–H and O–H groups in total. The van der Waals surface area contributed by atoms with Crippen molar-refractivity contribution < 1.29 is 29.3 Å². The van der Waals surface area contributed by atoms with Crippen molar-refractivity contribution in [1.82, 2.24) is 0 Å². The molecule has 0 aliphatic heterocycles. The Hall–Kier alpha value is -4.39. The third-order valence-corrected chi connectivity index (χ3v) is 6.96. The van der Waals surface area contributed by atoms with Crippen molar-refractivity contribution in [3.63, 3.8) is 0 Å². The lowest BCUT2D eigenvalue weighted by Crippen LogP contribution is -2.23.